The van der Waals surface area contributed by atoms with Crippen LogP contribution in [0.25, 0.3) is 5.76 Å². The van der Waals surface area contributed by atoms with Crippen molar-refractivity contribution in [3.63, 3.8) is 0 Å². The molecule has 4 rings (SSSR count). The number of carbonyl (C=O) groups is 2. The van der Waals surface area contributed by atoms with E-state index in [1.807, 2.05) is 43.3 Å². The van der Waals surface area contributed by atoms with Crippen LogP contribution in [0.1, 0.15) is 28.3 Å². The molecule has 1 heterocycles. The number of methoxy groups -OCH3 is 1. The van der Waals surface area contributed by atoms with Gasteiger partial charge in [-0.2, -0.15) is 0 Å². The minimum Gasteiger partial charge on any atom is -0.507 e. The van der Waals surface area contributed by atoms with E-state index in [2.05, 4.69) is 0 Å². The van der Waals surface area contributed by atoms with E-state index >= 15 is 0 Å². The fourth-order valence-corrected chi connectivity index (χ4v) is 4.05. The molecule has 3 aromatic rings. The predicted molar refractivity (Wildman–Crippen MR) is 123 cm³/mol. The zero-order chi connectivity index (χ0) is 22.8. The van der Waals surface area contributed by atoms with Gasteiger partial charge in [-0.05, 0) is 54.4 Å². The first kappa shape index (κ1) is 21.7. The van der Waals surface area contributed by atoms with Crippen molar-refractivity contribution in [2.24, 2.45) is 0 Å². The van der Waals surface area contributed by atoms with Crippen LogP contribution in [0.2, 0.25) is 5.02 Å². The third kappa shape index (κ3) is 4.12. The highest BCUT2D eigenvalue weighted by molar-refractivity contribution is 6.46. The van der Waals surface area contributed by atoms with Gasteiger partial charge in [0.2, 0.25) is 0 Å². The molecule has 0 spiro atoms. The maximum atomic E-state index is 13.1. The van der Waals surface area contributed by atoms with Crippen LogP contribution in [0.4, 0.5) is 0 Å². The van der Waals surface area contributed by atoms with Crippen LogP contribution < -0.4 is 4.74 Å². The number of benzene rings is 3. The lowest BCUT2D eigenvalue weighted by molar-refractivity contribution is -0.140. The molecule has 0 saturated carbocycles. The van der Waals surface area contributed by atoms with E-state index in [-0.39, 0.29) is 17.9 Å². The van der Waals surface area contributed by atoms with Crippen molar-refractivity contribution in [1.29, 1.82) is 0 Å². The highest BCUT2D eigenvalue weighted by atomic mass is 35.5. The number of halogens is 1. The number of aliphatic hydroxyl groups excluding tert-OH is 1. The summed E-state index contributed by atoms with van der Waals surface area (Å²) in [5.74, 6) is -0.877. The smallest absolute Gasteiger partial charge is 0.295 e. The summed E-state index contributed by atoms with van der Waals surface area (Å²) in [6, 6.07) is 20.7. The molecule has 1 aliphatic heterocycles. The van der Waals surface area contributed by atoms with E-state index in [9.17, 15) is 14.7 Å². The number of aliphatic hydroxyl groups is 1. The fraction of sp³-hybridized carbons (Fsp3) is 0.154. The summed E-state index contributed by atoms with van der Waals surface area (Å²) in [4.78, 5) is 27.7. The van der Waals surface area contributed by atoms with E-state index in [1.165, 1.54) is 4.90 Å². The second-order valence-electron chi connectivity index (χ2n) is 7.70. The lowest BCUT2D eigenvalue weighted by Gasteiger charge is -2.26. The zero-order valence-corrected chi connectivity index (χ0v) is 18.5. The maximum Gasteiger partial charge on any atom is 0.295 e. The number of aryl methyl sites for hydroxylation is 1. The van der Waals surface area contributed by atoms with Crippen LogP contribution in [0.15, 0.2) is 78.4 Å². The van der Waals surface area contributed by atoms with E-state index in [1.54, 1.807) is 43.5 Å². The number of likely N-dealkylation sites (tertiary alicyclic amines) is 1. The zero-order valence-electron chi connectivity index (χ0n) is 17.7. The number of ketones is 1. The molecule has 1 saturated heterocycles. The van der Waals surface area contributed by atoms with Crippen LogP contribution in [-0.4, -0.2) is 28.8 Å². The van der Waals surface area contributed by atoms with Gasteiger partial charge in [0.15, 0.2) is 0 Å². The number of ether oxygens (including phenoxy) is 1. The van der Waals surface area contributed by atoms with E-state index in [0.29, 0.717) is 16.3 Å². The Bertz CT molecular complexity index is 1200. The SMILES string of the molecule is COc1ccc(CN2C(=O)C(=O)/C(=C(\O)c3ccc(Cl)cc3)C2c2cccc(C)c2)cc1. The van der Waals surface area contributed by atoms with Crippen molar-refractivity contribution in [3.8, 4) is 5.75 Å². The highest BCUT2D eigenvalue weighted by Gasteiger charge is 2.46. The predicted octanol–water partition coefficient (Wildman–Crippen LogP) is 5.28. The summed E-state index contributed by atoms with van der Waals surface area (Å²) < 4.78 is 5.20. The summed E-state index contributed by atoms with van der Waals surface area (Å²) in [5.41, 5.74) is 3.08. The molecule has 0 radical (unpaired) electrons. The van der Waals surface area contributed by atoms with E-state index in [0.717, 1.165) is 16.7 Å². The molecule has 3 aromatic carbocycles. The van der Waals surface area contributed by atoms with Crippen molar-refractivity contribution in [3.05, 3.63) is 106 Å². The van der Waals surface area contributed by atoms with Crippen LogP contribution in [0, 0.1) is 6.92 Å². The Morgan fingerprint density at radius 1 is 1.03 bits per heavy atom. The molecule has 1 aliphatic rings. The van der Waals surface area contributed by atoms with Gasteiger partial charge < -0.3 is 14.7 Å². The van der Waals surface area contributed by atoms with Crippen LogP contribution >= 0.6 is 11.6 Å². The van der Waals surface area contributed by atoms with Crippen molar-refractivity contribution in [2.45, 2.75) is 19.5 Å². The van der Waals surface area contributed by atoms with Gasteiger partial charge in [0.1, 0.15) is 11.5 Å². The maximum absolute atomic E-state index is 13.1. The monoisotopic (exact) mass is 447 g/mol. The van der Waals surface area contributed by atoms with Crippen molar-refractivity contribution < 1.29 is 19.4 Å². The van der Waals surface area contributed by atoms with Gasteiger partial charge in [0.25, 0.3) is 11.7 Å². The summed E-state index contributed by atoms with van der Waals surface area (Å²) in [6.45, 7) is 2.16. The Labute approximate surface area is 191 Å². The van der Waals surface area contributed by atoms with Gasteiger partial charge >= 0.3 is 0 Å². The minimum atomic E-state index is -0.715. The fourth-order valence-electron chi connectivity index (χ4n) is 3.92. The molecule has 1 atom stereocenters. The quantitative estimate of drug-likeness (QED) is 0.328. The normalized spacial score (nSPS) is 17.6. The Balaban J connectivity index is 1.83. The topological polar surface area (TPSA) is 66.8 Å². The lowest BCUT2D eigenvalue weighted by atomic mass is 9.94. The molecule has 32 heavy (non-hydrogen) atoms. The molecule has 0 aliphatic carbocycles. The van der Waals surface area contributed by atoms with Gasteiger partial charge in [-0.25, -0.2) is 0 Å². The number of nitrogens with zero attached hydrogens (tertiary/aromatic N) is 1. The summed E-state index contributed by atoms with van der Waals surface area (Å²) >= 11 is 5.97. The van der Waals surface area contributed by atoms with Gasteiger partial charge in [-0.15, -0.1) is 0 Å². The Morgan fingerprint density at radius 3 is 2.34 bits per heavy atom. The van der Waals surface area contributed by atoms with Gasteiger partial charge in [0.05, 0.1) is 18.7 Å². The average molecular weight is 448 g/mol. The third-order valence-corrected chi connectivity index (χ3v) is 5.78. The average Bonchev–Trinajstić information content (AvgIpc) is 3.04. The Kier molecular flexibility index (Phi) is 6.01. The van der Waals surface area contributed by atoms with E-state index < -0.39 is 17.7 Å². The molecule has 1 unspecified atom stereocenters. The van der Waals surface area contributed by atoms with Gasteiger partial charge in [0, 0.05) is 17.1 Å². The molecular weight excluding hydrogens is 426 g/mol. The van der Waals surface area contributed by atoms with Crippen LogP contribution in [0.3, 0.4) is 0 Å². The summed E-state index contributed by atoms with van der Waals surface area (Å²) in [7, 11) is 1.59. The number of hydrogen-bond acceptors (Lipinski definition) is 4. The number of rotatable bonds is 5. The second-order valence-corrected chi connectivity index (χ2v) is 8.13. The molecule has 5 nitrogen and oxygen atoms in total. The highest BCUT2D eigenvalue weighted by Crippen LogP contribution is 2.40. The number of Topliss-reactive ketones (excluding diaryl/α,β-unsaturated/α-hetero) is 1. The molecule has 0 aromatic heterocycles. The first-order chi connectivity index (χ1) is 15.4. The second kappa shape index (κ2) is 8.89. The number of hydrogen-bond donors (Lipinski definition) is 1. The largest absolute Gasteiger partial charge is 0.507 e. The molecule has 1 amide bonds. The number of amides is 1. The standard InChI is InChI=1S/C26H22ClNO4/c1-16-4-3-5-19(14-16)23-22(24(29)18-8-10-20(27)11-9-18)25(30)26(31)28(23)15-17-6-12-21(32-2)13-7-17/h3-14,23,29H,15H2,1-2H3/b24-22-. The first-order valence-electron chi connectivity index (χ1n) is 10.1. The number of carbonyl (C=O) groups excluding carboxylic acids is 2. The molecule has 1 fully saturated rings. The molecule has 1 N–H and O–H groups in total. The van der Waals surface area contributed by atoms with Gasteiger partial charge in [-0.3, -0.25) is 9.59 Å². The Hall–Kier alpha value is -3.57. The molecule has 6 heteroatoms. The van der Waals surface area contributed by atoms with Crippen LogP contribution in [0.5, 0.6) is 5.75 Å². The van der Waals surface area contributed by atoms with Crippen molar-refractivity contribution in [2.75, 3.05) is 7.11 Å². The van der Waals surface area contributed by atoms with E-state index in [4.69, 9.17) is 16.3 Å². The minimum absolute atomic E-state index is 0.0661. The Morgan fingerprint density at radius 2 is 1.72 bits per heavy atom. The molecular formula is C26H22ClNO4. The lowest BCUT2D eigenvalue weighted by Crippen LogP contribution is -2.29. The van der Waals surface area contributed by atoms with Crippen LogP contribution in [-0.2, 0) is 16.1 Å². The third-order valence-electron chi connectivity index (χ3n) is 5.53. The summed E-state index contributed by atoms with van der Waals surface area (Å²) in [5, 5.41) is 11.6. The van der Waals surface area contributed by atoms with Gasteiger partial charge in [-0.1, -0.05) is 53.6 Å². The first-order valence-corrected chi connectivity index (χ1v) is 10.5. The van der Waals surface area contributed by atoms with Crippen molar-refractivity contribution >= 4 is 29.1 Å². The molecule has 0 bridgehead atoms. The summed E-state index contributed by atoms with van der Waals surface area (Å²) in [6.07, 6.45) is 0. The van der Waals surface area contributed by atoms with Crippen molar-refractivity contribution in [1.82, 2.24) is 4.90 Å². The molecule has 162 valence electrons.